The molecule has 0 unspecified atom stereocenters. The van der Waals surface area contributed by atoms with E-state index in [2.05, 4.69) is 21.3 Å². The molecular formula is C26H33N5O3S. The zero-order chi connectivity index (χ0) is 24.8. The molecule has 8 nitrogen and oxygen atoms in total. The quantitative estimate of drug-likeness (QED) is 0.465. The Morgan fingerprint density at radius 2 is 1.80 bits per heavy atom. The molecule has 1 aromatic heterocycles. The second-order valence-electron chi connectivity index (χ2n) is 8.70. The fraction of sp³-hybridized carbons (Fsp3) is 0.385. The van der Waals surface area contributed by atoms with Crippen LogP contribution in [0.5, 0.6) is 0 Å². The molecule has 0 radical (unpaired) electrons. The summed E-state index contributed by atoms with van der Waals surface area (Å²) in [4.78, 5) is 19.8. The second kappa shape index (κ2) is 11.0. The fourth-order valence-electron chi connectivity index (χ4n) is 4.51. The van der Waals surface area contributed by atoms with Gasteiger partial charge in [0.1, 0.15) is 0 Å². The van der Waals surface area contributed by atoms with E-state index in [1.165, 1.54) is 10.4 Å². The monoisotopic (exact) mass is 495 g/mol. The van der Waals surface area contributed by atoms with Gasteiger partial charge in [0.05, 0.1) is 16.8 Å². The van der Waals surface area contributed by atoms with Gasteiger partial charge in [0, 0.05) is 57.3 Å². The Morgan fingerprint density at radius 1 is 1.06 bits per heavy atom. The first-order valence-electron chi connectivity index (χ1n) is 12.1. The van der Waals surface area contributed by atoms with E-state index in [0.717, 1.165) is 42.7 Å². The number of nitrogens with one attached hydrogen (secondary N) is 1. The summed E-state index contributed by atoms with van der Waals surface area (Å²) < 4.78 is 29.6. The molecule has 0 spiro atoms. The number of imidazole rings is 1. The molecule has 1 aliphatic rings. The van der Waals surface area contributed by atoms with Gasteiger partial charge in [0.15, 0.2) is 0 Å². The molecule has 1 N–H and O–H groups in total. The summed E-state index contributed by atoms with van der Waals surface area (Å²) in [6.07, 6.45) is 7.55. The van der Waals surface area contributed by atoms with Crippen molar-refractivity contribution in [3.63, 3.8) is 0 Å². The van der Waals surface area contributed by atoms with Crippen LogP contribution in [0.4, 0.5) is 5.69 Å². The first-order chi connectivity index (χ1) is 16.9. The first-order valence-corrected chi connectivity index (χ1v) is 13.6. The molecule has 1 saturated heterocycles. The Bertz CT molecular complexity index is 1250. The second-order valence-corrected chi connectivity index (χ2v) is 10.6. The molecule has 2 aromatic carbocycles. The van der Waals surface area contributed by atoms with Crippen LogP contribution in [0.25, 0.3) is 0 Å². The topological polar surface area (TPSA) is 87.5 Å². The number of carbonyl (C=O) groups excluding carboxylic acids is 1. The number of sulfonamides is 1. The van der Waals surface area contributed by atoms with E-state index < -0.39 is 10.0 Å². The third kappa shape index (κ3) is 5.74. The Labute approximate surface area is 207 Å². The van der Waals surface area contributed by atoms with E-state index in [0.29, 0.717) is 31.7 Å². The molecule has 2 heterocycles. The van der Waals surface area contributed by atoms with Gasteiger partial charge < -0.3 is 14.8 Å². The molecule has 35 heavy (non-hydrogen) atoms. The van der Waals surface area contributed by atoms with Crippen LogP contribution in [0.15, 0.2) is 66.1 Å². The number of nitrogens with zero attached hydrogens (tertiary/aromatic N) is 4. The molecule has 0 aliphatic carbocycles. The van der Waals surface area contributed by atoms with Gasteiger partial charge in [-0.05, 0) is 42.2 Å². The van der Waals surface area contributed by atoms with E-state index in [9.17, 15) is 13.2 Å². The van der Waals surface area contributed by atoms with Gasteiger partial charge in [0.2, 0.25) is 10.0 Å². The SMILES string of the molecule is CCN(CC)S(=O)(=O)c1ccc(N2CCCC2)c(C(=O)NCc2cccc(Cn3ccnc3)c2)c1. The van der Waals surface area contributed by atoms with Crippen molar-refractivity contribution in [2.45, 2.75) is 44.7 Å². The molecule has 186 valence electrons. The van der Waals surface area contributed by atoms with E-state index >= 15 is 0 Å². The number of carbonyl (C=O) groups is 1. The van der Waals surface area contributed by atoms with Crippen LogP contribution in [0.2, 0.25) is 0 Å². The van der Waals surface area contributed by atoms with Crippen molar-refractivity contribution in [3.05, 3.63) is 77.9 Å². The number of hydrogen-bond acceptors (Lipinski definition) is 5. The van der Waals surface area contributed by atoms with Crippen LogP contribution in [0, 0.1) is 0 Å². The molecule has 4 rings (SSSR count). The highest BCUT2D eigenvalue weighted by atomic mass is 32.2. The first kappa shape index (κ1) is 24.9. The fourth-order valence-corrected chi connectivity index (χ4v) is 6.00. The number of benzene rings is 2. The molecule has 3 aromatic rings. The normalized spacial score (nSPS) is 14.0. The third-order valence-electron chi connectivity index (χ3n) is 6.37. The van der Waals surface area contributed by atoms with Crippen molar-refractivity contribution >= 4 is 21.6 Å². The largest absolute Gasteiger partial charge is 0.371 e. The molecule has 9 heteroatoms. The van der Waals surface area contributed by atoms with E-state index in [1.54, 1.807) is 24.7 Å². The minimum absolute atomic E-state index is 0.150. The summed E-state index contributed by atoms with van der Waals surface area (Å²) in [6.45, 7) is 7.16. The summed E-state index contributed by atoms with van der Waals surface area (Å²) in [5.41, 5.74) is 3.27. The summed E-state index contributed by atoms with van der Waals surface area (Å²) in [6, 6.07) is 13.0. The predicted octanol–water partition coefficient (Wildman–Crippen LogP) is 3.49. The van der Waals surface area contributed by atoms with Crippen molar-refractivity contribution in [1.29, 1.82) is 0 Å². The van der Waals surface area contributed by atoms with Crippen molar-refractivity contribution < 1.29 is 13.2 Å². The van der Waals surface area contributed by atoms with Crippen LogP contribution >= 0.6 is 0 Å². The summed E-state index contributed by atoms with van der Waals surface area (Å²) >= 11 is 0. The van der Waals surface area contributed by atoms with Crippen LogP contribution < -0.4 is 10.2 Å². The van der Waals surface area contributed by atoms with Crippen LogP contribution in [-0.4, -0.2) is 54.4 Å². The highest BCUT2D eigenvalue weighted by Crippen LogP contribution is 2.28. The van der Waals surface area contributed by atoms with E-state index in [1.807, 2.05) is 42.8 Å². The molecule has 0 bridgehead atoms. The van der Waals surface area contributed by atoms with Crippen LogP contribution in [0.1, 0.15) is 48.2 Å². The van der Waals surface area contributed by atoms with Gasteiger partial charge in [-0.1, -0.05) is 38.1 Å². The van der Waals surface area contributed by atoms with Gasteiger partial charge in [-0.2, -0.15) is 4.31 Å². The molecule has 1 amide bonds. The smallest absolute Gasteiger partial charge is 0.253 e. The maximum Gasteiger partial charge on any atom is 0.253 e. The van der Waals surface area contributed by atoms with Gasteiger partial charge in [0.25, 0.3) is 5.91 Å². The summed E-state index contributed by atoms with van der Waals surface area (Å²) in [7, 11) is -3.67. The zero-order valence-electron chi connectivity index (χ0n) is 20.4. The minimum atomic E-state index is -3.67. The number of hydrogen-bond donors (Lipinski definition) is 1. The Balaban J connectivity index is 1.57. The summed E-state index contributed by atoms with van der Waals surface area (Å²) in [5.74, 6) is -0.275. The van der Waals surface area contributed by atoms with Crippen molar-refractivity contribution in [2.24, 2.45) is 0 Å². The lowest BCUT2D eigenvalue weighted by molar-refractivity contribution is 0.0951. The van der Waals surface area contributed by atoms with Gasteiger partial charge in [-0.15, -0.1) is 0 Å². The predicted molar refractivity (Wildman–Crippen MR) is 137 cm³/mol. The van der Waals surface area contributed by atoms with E-state index in [4.69, 9.17) is 0 Å². The van der Waals surface area contributed by atoms with Gasteiger partial charge >= 0.3 is 0 Å². The molecule has 1 aliphatic heterocycles. The lowest BCUT2D eigenvalue weighted by Gasteiger charge is -2.23. The van der Waals surface area contributed by atoms with Crippen molar-refractivity contribution in [2.75, 3.05) is 31.1 Å². The highest BCUT2D eigenvalue weighted by molar-refractivity contribution is 7.89. The van der Waals surface area contributed by atoms with Gasteiger partial charge in [-0.25, -0.2) is 13.4 Å². The van der Waals surface area contributed by atoms with Crippen LogP contribution in [-0.2, 0) is 23.1 Å². The zero-order valence-corrected chi connectivity index (χ0v) is 21.2. The molecule has 1 fully saturated rings. The molecular weight excluding hydrogens is 462 g/mol. The van der Waals surface area contributed by atoms with Gasteiger partial charge in [-0.3, -0.25) is 4.79 Å². The molecule has 0 saturated carbocycles. The lowest BCUT2D eigenvalue weighted by atomic mass is 10.1. The highest BCUT2D eigenvalue weighted by Gasteiger charge is 2.26. The lowest BCUT2D eigenvalue weighted by Crippen LogP contribution is -2.32. The van der Waals surface area contributed by atoms with Crippen molar-refractivity contribution in [1.82, 2.24) is 19.2 Å². The van der Waals surface area contributed by atoms with Crippen molar-refractivity contribution in [3.8, 4) is 0 Å². The number of rotatable bonds is 10. The maximum absolute atomic E-state index is 13.4. The average molecular weight is 496 g/mol. The average Bonchev–Trinajstić information content (AvgIpc) is 3.58. The molecule has 0 atom stereocenters. The Hall–Kier alpha value is -3.17. The Kier molecular flexibility index (Phi) is 7.87. The minimum Gasteiger partial charge on any atom is -0.371 e. The standard InChI is InChI=1S/C26H33N5O3S/c1-3-31(4-2)35(33,34)23-10-11-25(30-13-5-6-14-30)24(17-23)26(32)28-18-21-8-7-9-22(16-21)19-29-15-12-27-20-29/h7-12,15-17,20H,3-6,13-14,18-19H2,1-2H3,(H,28,32). The Morgan fingerprint density at radius 3 is 2.49 bits per heavy atom. The summed E-state index contributed by atoms with van der Waals surface area (Å²) in [5, 5.41) is 3.01. The van der Waals surface area contributed by atoms with Crippen LogP contribution in [0.3, 0.4) is 0 Å². The number of amides is 1. The third-order valence-corrected chi connectivity index (χ3v) is 8.42. The maximum atomic E-state index is 13.4. The van der Waals surface area contributed by atoms with E-state index in [-0.39, 0.29) is 10.8 Å². The number of aromatic nitrogens is 2. The number of anilines is 1.